The average molecular weight is 476 g/mol. The molecule has 5 rings (SSSR count). The van der Waals surface area contributed by atoms with Gasteiger partial charge in [0, 0.05) is 23.9 Å². The molecule has 0 atom stereocenters. The Morgan fingerprint density at radius 3 is 2.08 bits per heavy atom. The Hall–Kier alpha value is -4.84. The maximum absolute atomic E-state index is 14.1. The first-order valence-electron chi connectivity index (χ1n) is 11.6. The predicted octanol–water partition coefficient (Wildman–Crippen LogP) is 5.67. The lowest BCUT2D eigenvalue weighted by Crippen LogP contribution is -2.21. The van der Waals surface area contributed by atoms with Crippen LogP contribution in [0.5, 0.6) is 0 Å². The lowest BCUT2D eigenvalue weighted by molar-refractivity contribution is -0.134. The number of para-hydroxylation sites is 1. The zero-order chi connectivity index (χ0) is 25.1. The molecule has 0 amide bonds. The molecule has 0 aliphatic heterocycles. The third kappa shape index (κ3) is 4.32. The van der Waals surface area contributed by atoms with E-state index in [-0.39, 0.29) is 12.1 Å². The molecule has 2 N–H and O–H groups in total. The normalized spacial score (nSPS) is 10.8. The number of carbonyl (C=O) groups is 1. The molecule has 0 unspecified atom stereocenters. The zero-order valence-electron chi connectivity index (χ0n) is 19.8. The van der Waals surface area contributed by atoms with Crippen LogP contribution >= 0.6 is 0 Å². The molecular weight excluding hydrogens is 450 g/mol. The predicted molar refractivity (Wildman–Crippen MR) is 143 cm³/mol. The fourth-order valence-corrected chi connectivity index (χ4v) is 4.55. The van der Waals surface area contributed by atoms with E-state index in [0.717, 1.165) is 33.6 Å². The minimum absolute atomic E-state index is 0.116. The third-order valence-corrected chi connectivity index (χ3v) is 6.13. The van der Waals surface area contributed by atoms with Gasteiger partial charge in [-0.2, -0.15) is 0 Å². The summed E-state index contributed by atoms with van der Waals surface area (Å²) in [4.78, 5) is 25.1. The van der Waals surface area contributed by atoms with Crippen molar-refractivity contribution >= 4 is 11.7 Å². The van der Waals surface area contributed by atoms with Gasteiger partial charge < -0.3 is 10.4 Å². The first-order valence-corrected chi connectivity index (χ1v) is 11.6. The van der Waals surface area contributed by atoms with Crippen molar-refractivity contribution in [1.29, 1.82) is 0 Å². The van der Waals surface area contributed by atoms with E-state index in [1.165, 1.54) is 0 Å². The Labute approximate surface area is 208 Å². The first-order chi connectivity index (χ1) is 17.5. The maximum Gasteiger partial charge on any atom is 0.322 e. The quantitative estimate of drug-likeness (QED) is 0.318. The number of nitrogens with zero attached hydrogens (tertiary/aromatic N) is 2. The molecule has 4 aromatic carbocycles. The third-order valence-electron chi connectivity index (χ3n) is 6.13. The van der Waals surface area contributed by atoms with Crippen LogP contribution in [-0.4, -0.2) is 27.0 Å². The van der Waals surface area contributed by atoms with Gasteiger partial charge in [-0.25, -0.2) is 4.68 Å². The molecular formula is C30H25N3O3. The molecule has 6 heteroatoms. The van der Waals surface area contributed by atoms with Gasteiger partial charge in [0.15, 0.2) is 0 Å². The summed E-state index contributed by atoms with van der Waals surface area (Å²) in [5.74, 6) is -0.932. The second-order valence-corrected chi connectivity index (χ2v) is 8.44. The molecule has 0 fully saturated rings. The first kappa shape index (κ1) is 22.9. The molecule has 36 heavy (non-hydrogen) atoms. The van der Waals surface area contributed by atoms with Gasteiger partial charge in [0.25, 0.3) is 5.56 Å². The Balaban J connectivity index is 1.73. The number of aliphatic carboxylic acids is 1. The summed E-state index contributed by atoms with van der Waals surface area (Å²) < 4.78 is 3.61. The van der Waals surface area contributed by atoms with Crippen molar-refractivity contribution in [3.05, 3.63) is 120 Å². The molecule has 178 valence electrons. The molecule has 0 radical (unpaired) electrons. The van der Waals surface area contributed by atoms with E-state index in [1.807, 2.05) is 121 Å². The summed E-state index contributed by atoms with van der Waals surface area (Å²) in [7, 11) is 1.90. The number of hydrogen-bond donors (Lipinski definition) is 2. The summed E-state index contributed by atoms with van der Waals surface area (Å²) in [5, 5.41) is 11.9. The SMILES string of the molecule is Cn1c(-c2ccccc2)c(-c2ccccc2)c(=O)n1-c1ccccc1-c1cccc(NCC(=O)O)c1. The summed E-state index contributed by atoms with van der Waals surface area (Å²) in [6.45, 7) is -0.177. The van der Waals surface area contributed by atoms with Crippen LogP contribution < -0.4 is 10.9 Å². The van der Waals surface area contributed by atoms with Crippen LogP contribution in [0.2, 0.25) is 0 Å². The van der Waals surface area contributed by atoms with Gasteiger partial charge in [-0.3, -0.25) is 14.3 Å². The molecule has 0 aliphatic carbocycles. The molecule has 0 saturated heterocycles. The van der Waals surface area contributed by atoms with Crippen LogP contribution in [0.3, 0.4) is 0 Å². The molecule has 5 aromatic rings. The van der Waals surface area contributed by atoms with E-state index in [2.05, 4.69) is 5.32 Å². The Bertz CT molecular complexity index is 1590. The summed E-state index contributed by atoms with van der Waals surface area (Å²) in [5.41, 5.74) is 6.32. The second kappa shape index (κ2) is 9.80. The standard InChI is InChI=1S/C30H25N3O3/c1-32-29(22-13-6-3-7-14-22)28(21-11-4-2-5-12-21)30(36)33(32)26-18-9-8-17-25(26)23-15-10-16-24(19-23)31-20-27(34)35/h2-19,31H,20H2,1H3,(H,34,35). The van der Waals surface area contributed by atoms with Crippen LogP contribution in [0, 0.1) is 0 Å². The Kier molecular flexibility index (Phi) is 6.24. The van der Waals surface area contributed by atoms with Crippen molar-refractivity contribution in [1.82, 2.24) is 9.36 Å². The van der Waals surface area contributed by atoms with Crippen molar-refractivity contribution in [2.24, 2.45) is 7.05 Å². The van der Waals surface area contributed by atoms with E-state index < -0.39 is 5.97 Å². The van der Waals surface area contributed by atoms with E-state index in [9.17, 15) is 9.59 Å². The molecule has 0 spiro atoms. The van der Waals surface area contributed by atoms with Crippen molar-refractivity contribution in [2.45, 2.75) is 0 Å². The van der Waals surface area contributed by atoms with Gasteiger partial charge in [0.1, 0.15) is 6.54 Å². The highest BCUT2D eigenvalue weighted by Crippen LogP contribution is 2.33. The molecule has 0 bridgehead atoms. The van der Waals surface area contributed by atoms with Gasteiger partial charge in [0.2, 0.25) is 0 Å². The fourth-order valence-electron chi connectivity index (χ4n) is 4.55. The van der Waals surface area contributed by atoms with Gasteiger partial charge >= 0.3 is 5.97 Å². The number of carboxylic acid groups (broad SMARTS) is 1. The number of carboxylic acids is 1. The number of aromatic nitrogens is 2. The molecule has 1 heterocycles. The van der Waals surface area contributed by atoms with E-state index in [1.54, 1.807) is 4.68 Å². The Morgan fingerprint density at radius 2 is 1.39 bits per heavy atom. The molecule has 0 aliphatic rings. The number of anilines is 1. The number of nitrogens with one attached hydrogen (secondary N) is 1. The largest absolute Gasteiger partial charge is 0.480 e. The smallest absolute Gasteiger partial charge is 0.322 e. The molecule has 0 saturated carbocycles. The van der Waals surface area contributed by atoms with Gasteiger partial charge in [-0.05, 0) is 29.3 Å². The number of rotatable bonds is 7. The zero-order valence-corrected chi connectivity index (χ0v) is 19.8. The summed E-state index contributed by atoms with van der Waals surface area (Å²) >= 11 is 0. The van der Waals surface area contributed by atoms with Gasteiger partial charge in [-0.1, -0.05) is 91.0 Å². The van der Waals surface area contributed by atoms with Crippen molar-refractivity contribution in [3.63, 3.8) is 0 Å². The van der Waals surface area contributed by atoms with Crippen molar-refractivity contribution in [3.8, 4) is 39.2 Å². The minimum atomic E-state index is -0.932. The summed E-state index contributed by atoms with van der Waals surface area (Å²) in [6, 6.07) is 34.9. The van der Waals surface area contributed by atoms with E-state index in [4.69, 9.17) is 5.11 Å². The van der Waals surface area contributed by atoms with Crippen LogP contribution in [0.25, 0.3) is 39.2 Å². The second-order valence-electron chi connectivity index (χ2n) is 8.44. The van der Waals surface area contributed by atoms with Crippen LogP contribution in [0.1, 0.15) is 0 Å². The Morgan fingerprint density at radius 1 is 0.778 bits per heavy atom. The monoisotopic (exact) mass is 475 g/mol. The van der Waals surface area contributed by atoms with E-state index in [0.29, 0.717) is 11.3 Å². The summed E-state index contributed by atoms with van der Waals surface area (Å²) in [6.07, 6.45) is 0. The topological polar surface area (TPSA) is 76.3 Å². The minimum Gasteiger partial charge on any atom is -0.480 e. The molecule has 1 aromatic heterocycles. The van der Waals surface area contributed by atoms with Crippen LogP contribution in [0.15, 0.2) is 114 Å². The van der Waals surface area contributed by atoms with E-state index >= 15 is 0 Å². The lowest BCUT2D eigenvalue weighted by atomic mass is 10.0. The fraction of sp³-hybridized carbons (Fsp3) is 0.0667. The van der Waals surface area contributed by atoms with Crippen LogP contribution in [0.4, 0.5) is 5.69 Å². The van der Waals surface area contributed by atoms with Gasteiger partial charge in [-0.15, -0.1) is 0 Å². The number of hydrogen-bond acceptors (Lipinski definition) is 3. The highest BCUT2D eigenvalue weighted by molar-refractivity contribution is 5.83. The highest BCUT2D eigenvalue weighted by atomic mass is 16.4. The average Bonchev–Trinajstić information content (AvgIpc) is 3.18. The van der Waals surface area contributed by atoms with Gasteiger partial charge in [0.05, 0.1) is 16.9 Å². The van der Waals surface area contributed by atoms with Crippen LogP contribution in [-0.2, 0) is 11.8 Å². The maximum atomic E-state index is 14.1. The number of benzene rings is 4. The van der Waals surface area contributed by atoms with Crippen molar-refractivity contribution in [2.75, 3.05) is 11.9 Å². The van der Waals surface area contributed by atoms with Crippen molar-refractivity contribution < 1.29 is 9.90 Å². The highest BCUT2D eigenvalue weighted by Gasteiger charge is 2.23. The molecule has 6 nitrogen and oxygen atoms in total. The lowest BCUT2D eigenvalue weighted by Gasteiger charge is -2.15.